The molecule has 104 valence electrons. The predicted molar refractivity (Wildman–Crippen MR) is 63.5 cm³/mol. The van der Waals surface area contributed by atoms with E-state index in [2.05, 4.69) is 23.9 Å². The van der Waals surface area contributed by atoms with Crippen LogP contribution in [0.15, 0.2) is 0 Å². The van der Waals surface area contributed by atoms with Crippen LogP contribution in [-0.4, -0.2) is 37.9 Å². The zero-order valence-electron chi connectivity index (χ0n) is 10.3. The predicted octanol–water partition coefficient (Wildman–Crippen LogP) is 3.20. The van der Waals surface area contributed by atoms with E-state index in [0.717, 1.165) is 6.42 Å². The van der Waals surface area contributed by atoms with E-state index in [1.807, 2.05) is 0 Å². The normalized spacial score (nSPS) is 14.3. The molecule has 0 bridgehead atoms. The fourth-order valence-corrected chi connectivity index (χ4v) is 1.81. The van der Waals surface area contributed by atoms with Gasteiger partial charge in [0.15, 0.2) is 0 Å². The summed E-state index contributed by atoms with van der Waals surface area (Å²) >= 11 is 6.03. The zero-order chi connectivity index (χ0) is 13.3. The van der Waals surface area contributed by atoms with Crippen molar-refractivity contribution in [1.29, 1.82) is 0 Å². The lowest BCUT2D eigenvalue weighted by Crippen LogP contribution is -2.26. The van der Waals surface area contributed by atoms with Gasteiger partial charge in [0.05, 0.1) is 0 Å². The molecule has 0 aliphatic carbocycles. The molecule has 0 rings (SSSR count). The summed E-state index contributed by atoms with van der Waals surface area (Å²) in [7, 11) is 0. The quantitative estimate of drug-likeness (QED) is 0.515. The van der Waals surface area contributed by atoms with E-state index < -0.39 is 12.8 Å². The lowest BCUT2D eigenvalue weighted by Gasteiger charge is -2.13. The monoisotopic (exact) mass is 275 g/mol. The van der Waals surface area contributed by atoms with Crippen molar-refractivity contribution in [2.75, 3.05) is 26.3 Å². The van der Waals surface area contributed by atoms with Crippen LogP contribution in [0.25, 0.3) is 0 Å². The Balaban J connectivity index is 3.24. The van der Waals surface area contributed by atoms with E-state index in [9.17, 15) is 13.2 Å². The number of rotatable bonds is 9. The van der Waals surface area contributed by atoms with E-state index in [4.69, 9.17) is 11.6 Å². The minimum Gasteiger partial charge on any atom is -0.372 e. The van der Waals surface area contributed by atoms with Gasteiger partial charge in [-0.3, -0.25) is 0 Å². The first-order valence-electron chi connectivity index (χ1n) is 5.80. The maximum absolute atomic E-state index is 11.7. The molecule has 0 spiro atoms. The van der Waals surface area contributed by atoms with E-state index in [-0.39, 0.29) is 12.0 Å². The van der Waals surface area contributed by atoms with E-state index >= 15 is 0 Å². The number of hydrogen-bond acceptors (Lipinski definition) is 2. The summed E-state index contributed by atoms with van der Waals surface area (Å²) in [6, 6.07) is 0. The van der Waals surface area contributed by atoms with Crippen molar-refractivity contribution in [3.8, 4) is 0 Å². The number of nitrogens with one attached hydrogen (secondary N) is 1. The van der Waals surface area contributed by atoms with Gasteiger partial charge < -0.3 is 10.1 Å². The van der Waals surface area contributed by atoms with Crippen LogP contribution in [-0.2, 0) is 4.74 Å². The summed E-state index contributed by atoms with van der Waals surface area (Å²) in [4.78, 5) is 0. The molecule has 0 radical (unpaired) electrons. The average molecular weight is 276 g/mol. The second-order valence-corrected chi connectivity index (χ2v) is 5.07. The molecule has 0 aliphatic rings. The molecule has 0 saturated heterocycles. The molecular formula is C11H21ClF3NO. The molecule has 1 atom stereocenters. The molecule has 0 amide bonds. The fourth-order valence-electron chi connectivity index (χ4n) is 1.34. The van der Waals surface area contributed by atoms with Crippen molar-refractivity contribution in [3.63, 3.8) is 0 Å². The summed E-state index contributed by atoms with van der Waals surface area (Å²) in [5, 5.41) is 3.17. The van der Waals surface area contributed by atoms with Crippen molar-refractivity contribution >= 4 is 11.6 Å². The van der Waals surface area contributed by atoms with Crippen LogP contribution in [0.5, 0.6) is 0 Å². The smallest absolute Gasteiger partial charge is 0.372 e. The van der Waals surface area contributed by atoms with Crippen LogP contribution in [0.1, 0.15) is 26.7 Å². The molecule has 0 aromatic heterocycles. The molecular weight excluding hydrogens is 255 g/mol. The zero-order valence-corrected chi connectivity index (χ0v) is 11.1. The maximum Gasteiger partial charge on any atom is 0.411 e. The molecule has 0 aromatic carbocycles. The van der Waals surface area contributed by atoms with Crippen molar-refractivity contribution in [1.82, 2.24) is 5.32 Å². The van der Waals surface area contributed by atoms with Crippen LogP contribution in [0.4, 0.5) is 13.2 Å². The topological polar surface area (TPSA) is 21.3 Å². The molecule has 17 heavy (non-hydrogen) atoms. The molecule has 0 saturated carbocycles. The fraction of sp³-hybridized carbons (Fsp3) is 1.00. The Morgan fingerprint density at radius 1 is 1.29 bits per heavy atom. The summed E-state index contributed by atoms with van der Waals surface area (Å²) in [5.74, 6) is 0.550. The molecule has 0 aliphatic heterocycles. The van der Waals surface area contributed by atoms with Gasteiger partial charge in [-0.05, 0) is 25.3 Å². The van der Waals surface area contributed by atoms with Gasteiger partial charge >= 0.3 is 6.18 Å². The second-order valence-electron chi connectivity index (χ2n) is 4.45. The molecule has 0 aromatic rings. The third-order valence-corrected chi connectivity index (χ3v) is 2.33. The first-order chi connectivity index (χ1) is 7.81. The number of hydrogen-bond donors (Lipinski definition) is 1. The Kier molecular flexibility index (Phi) is 9.00. The molecule has 1 unspecified atom stereocenters. The molecule has 1 N–H and O–H groups in total. The van der Waals surface area contributed by atoms with Crippen LogP contribution < -0.4 is 5.32 Å². The van der Waals surface area contributed by atoms with Gasteiger partial charge in [-0.15, -0.1) is 11.6 Å². The highest BCUT2D eigenvalue weighted by molar-refractivity contribution is 6.20. The Morgan fingerprint density at radius 3 is 2.47 bits per heavy atom. The minimum atomic E-state index is -4.23. The van der Waals surface area contributed by atoms with Crippen LogP contribution in [0, 0.1) is 5.92 Å². The number of ether oxygens (including phenoxy) is 1. The number of halogens is 4. The highest BCUT2D eigenvalue weighted by atomic mass is 35.5. The Bertz CT molecular complexity index is 188. The lowest BCUT2D eigenvalue weighted by atomic mass is 10.1. The number of alkyl halides is 4. The van der Waals surface area contributed by atoms with Crippen LogP contribution >= 0.6 is 11.6 Å². The second kappa shape index (κ2) is 9.00. The standard InChI is InChI=1S/C11H21ClF3NO/c1-9(2)6-10(12)7-16-4-3-5-17-8-11(13,14)15/h9-10,16H,3-8H2,1-2H3. The van der Waals surface area contributed by atoms with Crippen LogP contribution in [0.2, 0.25) is 0 Å². The molecule has 6 heteroatoms. The average Bonchev–Trinajstić information content (AvgIpc) is 2.13. The van der Waals surface area contributed by atoms with Gasteiger partial charge in [0.1, 0.15) is 6.61 Å². The highest BCUT2D eigenvalue weighted by Gasteiger charge is 2.27. The third-order valence-electron chi connectivity index (χ3n) is 2.00. The van der Waals surface area contributed by atoms with Crippen molar-refractivity contribution in [2.45, 2.75) is 38.2 Å². The SMILES string of the molecule is CC(C)CC(Cl)CNCCCOCC(F)(F)F. The lowest BCUT2D eigenvalue weighted by molar-refractivity contribution is -0.173. The summed E-state index contributed by atoms with van der Waals surface area (Å²) in [6.45, 7) is 4.45. The minimum absolute atomic E-state index is 0.0751. The Morgan fingerprint density at radius 2 is 1.94 bits per heavy atom. The third kappa shape index (κ3) is 13.9. The van der Waals surface area contributed by atoms with Gasteiger partial charge in [0.2, 0.25) is 0 Å². The van der Waals surface area contributed by atoms with Gasteiger partial charge in [0.25, 0.3) is 0 Å². The largest absolute Gasteiger partial charge is 0.411 e. The van der Waals surface area contributed by atoms with E-state index in [1.165, 1.54) is 0 Å². The highest BCUT2D eigenvalue weighted by Crippen LogP contribution is 2.14. The first kappa shape index (κ1) is 17.0. The van der Waals surface area contributed by atoms with Crippen molar-refractivity contribution in [3.05, 3.63) is 0 Å². The van der Waals surface area contributed by atoms with Crippen LogP contribution in [0.3, 0.4) is 0 Å². The molecule has 0 heterocycles. The maximum atomic E-state index is 11.7. The summed E-state index contributed by atoms with van der Waals surface area (Å²) in [5.41, 5.74) is 0. The summed E-state index contributed by atoms with van der Waals surface area (Å²) < 4.78 is 39.6. The molecule has 2 nitrogen and oxygen atoms in total. The van der Waals surface area contributed by atoms with Gasteiger partial charge in [0, 0.05) is 18.5 Å². The van der Waals surface area contributed by atoms with Gasteiger partial charge in [-0.1, -0.05) is 13.8 Å². The van der Waals surface area contributed by atoms with E-state index in [0.29, 0.717) is 25.4 Å². The Hall–Kier alpha value is -0.0000000000000000555. The Labute approximate surface area is 106 Å². The van der Waals surface area contributed by atoms with Crippen molar-refractivity contribution < 1.29 is 17.9 Å². The first-order valence-corrected chi connectivity index (χ1v) is 6.24. The van der Waals surface area contributed by atoms with Gasteiger partial charge in [-0.25, -0.2) is 0 Å². The van der Waals surface area contributed by atoms with E-state index in [1.54, 1.807) is 0 Å². The molecule has 0 fully saturated rings. The van der Waals surface area contributed by atoms with Crippen molar-refractivity contribution in [2.24, 2.45) is 5.92 Å². The van der Waals surface area contributed by atoms with Gasteiger partial charge in [-0.2, -0.15) is 13.2 Å². The summed E-state index contributed by atoms with van der Waals surface area (Å²) in [6.07, 6.45) is -2.74.